The normalized spacial score (nSPS) is 26.6. The summed E-state index contributed by atoms with van der Waals surface area (Å²) >= 11 is 0. The number of nitrogens with two attached hydrogens (primary N) is 2. The summed E-state index contributed by atoms with van der Waals surface area (Å²) in [5.41, 5.74) is 21.4. The molecule has 5 N–H and O–H groups in total. The Balaban J connectivity index is 1.05. The molecule has 0 radical (unpaired) electrons. The fourth-order valence-corrected chi connectivity index (χ4v) is 7.80. The summed E-state index contributed by atoms with van der Waals surface area (Å²) in [6, 6.07) is 17.2. The van der Waals surface area contributed by atoms with Gasteiger partial charge in [-0.25, -0.2) is 0 Å². The third-order valence-electron chi connectivity index (χ3n) is 10.5. The first kappa shape index (κ1) is 31.5. The zero-order valence-corrected chi connectivity index (χ0v) is 27.8. The van der Waals surface area contributed by atoms with Crippen molar-refractivity contribution in [2.45, 2.75) is 50.6 Å². The smallest absolute Gasteiger partial charge is 0.133 e. The van der Waals surface area contributed by atoms with E-state index < -0.39 is 12.5 Å². The summed E-state index contributed by atoms with van der Waals surface area (Å²) < 4.78 is 6.12. The van der Waals surface area contributed by atoms with E-state index in [-0.39, 0.29) is 12.0 Å². The second-order valence-electron chi connectivity index (χ2n) is 13.6. The van der Waals surface area contributed by atoms with Gasteiger partial charge < -0.3 is 21.5 Å². The van der Waals surface area contributed by atoms with Gasteiger partial charge in [0.2, 0.25) is 0 Å². The highest BCUT2D eigenvalue weighted by atomic mass is 16.5. The van der Waals surface area contributed by atoms with Crippen LogP contribution in [0.1, 0.15) is 49.5 Å². The van der Waals surface area contributed by atoms with Crippen molar-refractivity contribution in [1.29, 1.82) is 0 Å². The van der Waals surface area contributed by atoms with Crippen LogP contribution in [0.2, 0.25) is 0 Å². The summed E-state index contributed by atoms with van der Waals surface area (Å²) in [6.45, 7) is 0. The maximum Gasteiger partial charge on any atom is 0.133 e. The van der Waals surface area contributed by atoms with Crippen molar-refractivity contribution in [2.75, 3.05) is 0 Å². The van der Waals surface area contributed by atoms with Gasteiger partial charge in [0.15, 0.2) is 0 Å². The van der Waals surface area contributed by atoms with E-state index in [1.165, 1.54) is 27.2 Å². The molecule has 6 atom stereocenters. The highest BCUT2D eigenvalue weighted by Crippen LogP contribution is 2.36. The van der Waals surface area contributed by atoms with Gasteiger partial charge in [-0.1, -0.05) is 133 Å². The molecule has 0 saturated carbocycles. The second-order valence-corrected chi connectivity index (χ2v) is 13.6. The number of ether oxygens (including phenoxy) is 1. The Kier molecular flexibility index (Phi) is 8.97. The van der Waals surface area contributed by atoms with Gasteiger partial charge in [0.25, 0.3) is 0 Å². The van der Waals surface area contributed by atoms with Crippen LogP contribution in [0.15, 0.2) is 156 Å². The van der Waals surface area contributed by atoms with Gasteiger partial charge in [-0.05, 0) is 77.0 Å². The fraction of sp³-hybridized carbons (Fsp3) is 0.250. The molecular formula is C44H44N4O. The van der Waals surface area contributed by atoms with E-state index in [1.54, 1.807) is 0 Å². The first-order chi connectivity index (χ1) is 24.1. The van der Waals surface area contributed by atoms with Crippen molar-refractivity contribution < 1.29 is 4.74 Å². The molecule has 1 aliphatic heterocycles. The minimum atomic E-state index is -0.634. The zero-order chi connectivity index (χ0) is 33.2. The van der Waals surface area contributed by atoms with Crippen LogP contribution in [-0.2, 0) is 4.74 Å². The minimum absolute atomic E-state index is 0.0453. The number of allylic oxidation sites excluding steroid dienone is 12. The van der Waals surface area contributed by atoms with Crippen molar-refractivity contribution in [2.24, 2.45) is 34.2 Å². The summed E-state index contributed by atoms with van der Waals surface area (Å²) in [5.74, 6) is 1.81. The second kappa shape index (κ2) is 14.0. The molecule has 1 heterocycles. The lowest BCUT2D eigenvalue weighted by molar-refractivity contribution is -0.0279. The van der Waals surface area contributed by atoms with Gasteiger partial charge in [0.1, 0.15) is 18.3 Å². The van der Waals surface area contributed by atoms with Gasteiger partial charge in [-0.3, -0.25) is 4.99 Å². The summed E-state index contributed by atoms with van der Waals surface area (Å²) in [4.78, 5) is 5.28. The van der Waals surface area contributed by atoms with Crippen molar-refractivity contribution in [3.63, 3.8) is 0 Å². The number of aliphatic imine (C=N–C) groups is 1. The van der Waals surface area contributed by atoms with E-state index in [0.717, 1.165) is 60.3 Å². The molecule has 2 aromatic carbocycles. The Morgan fingerprint density at radius 2 is 1.73 bits per heavy atom. The molecule has 0 aromatic heterocycles. The Morgan fingerprint density at radius 3 is 2.55 bits per heavy atom. The standard InChI is InChI=1S/C44H44N4O/c45-42(31-14-5-2-6-15-31)49-43(46)35-18-11-17-34(26-35)41-28-40(30-12-3-1-4-13-30)47-44(48-41)32-24-22-29(23-25-32)39-27-33-16-7-8-19-36(33)37-20-9-10-21-38(37)39/h1-3,5-12,14,16-22,24-26,28-29,31,33,40,42-43H,4,13,15,23,27,45-46H2,(H,47,48). The predicted molar refractivity (Wildman–Crippen MR) is 202 cm³/mol. The SMILES string of the molecule is NC(OC(N)C1C=CC=CC1)c1cccc(C2=CC(C3=CC=CCC3)N=C(C3=CCC(C4=c5ccccc5=C5C=CC=CC5C4)C=C3)N2)c1. The number of nitrogens with one attached hydrogen (secondary N) is 1. The summed E-state index contributed by atoms with van der Waals surface area (Å²) in [7, 11) is 0. The zero-order valence-electron chi connectivity index (χ0n) is 27.8. The van der Waals surface area contributed by atoms with Crippen LogP contribution in [0, 0.1) is 17.8 Å². The number of amidine groups is 1. The van der Waals surface area contributed by atoms with Crippen molar-refractivity contribution in [3.8, 4) is 0 Å². The first-order valence-corrected chi connectivity index (χ1v) is 17.7. The van der Waals surface area contributed by atoms with E-state index in [4.69, 9.17) is 21.2 Å². The van der Waals surface area contributed by atoms with E-state index >= 15 is 0 Å². The molecule has 8 rings (SSSR count). The maximum absolute atomic E-state index is 6.58. The van der Waals surface area contributed by atoms with Crippen LogP contribution >= 0.6 is 0 Å². The highest BCUT2D eigenvalue weighted by Gasteiger charge is 2.27. The van der Waals surface area contributed by atoms with E-state index in [9.17, 15) is 0 Å². The maximum atomic E-state index is 6.58. The third-order valence-corrected chi connectivity index (χ3v) is 10.5. The quantitative estimate of drug-likeness (QED) is 0.279. The molecule has 0 bridgehead atoms. The average Bonchev–Trinajstić information content (AvgIpc) is 3.18. The number of hydrogen-bond donors (Lipinski definition) is 3. The average molecular weight is 645 g/mol. The topological polar surface area (TPSA) is 85.7 Å². The summed E-state index contributed by atoms with van der Waals surface area (Å²) in [5, 5.41) is 6.48. The lowest BCUT2D eigenvalue weighted by atomic mass is 9.76. The molecule has 0 saturated heterocycles. The first-order valence-electron chi connectivity index (χ1n) is 17.7. The molecule has 5 aliphatic carbocycles. The van der Waals surface area contributed by atoms with E-state index in [2.05, 4.69) is 121 Å². The number of nitrogens with zero attached hydrogens (tertiary/aromatic N) is 1. The Morgan fingerprint density at radius 1 is 0.837 bits per heavy atom. The number of rotatable bonds is 8. The lowest BCUT2D eigenvalue weighted by Gasteiger charge is -2.30. The van der Waals surface area contributed by atoms with Crippen LogP contribution in [0.4, 0.5) is 0 Å². The van der Waals surface area contributed by atoms with Crippen LogP contribution in [0.5, 0.6) is 0 Å². The Labute approximate surface area is 289 Å². The van der Waals surface area contributed by atoms with Gasteiger partial charge in [-0.2, -0.15) is 0 Å². The molecule has 49 heavy (non-hydrogen) atoms. The predicted octanol–water partition coefficient (Wildman–Crippen LogP) is 6.72. The Bertz CT molecular complexity index is 2070. The Hall–Kier alpha value is -4.81. The molecule has 0 spiro atoms. The van der Waals surface area contributed by atoms with Gasteiger partial charge in [0.05, 0.1) is 6.04 Å². The molecule has 6 aliphatic rings. The minimum Gasteiger partial charge on any atom is -0.341 e. The van der Waals surface area contributed by atoms with Crippen molar-refractivity contribution in [3.05, 3.63) is 172 Å². The number of fused-ring (bicyclic) bond motifs is 2. The molecular weight excluding hydrogens is 601 g/mol. The molecule has 0 amide bonds. The van der Waals surface area contributed by atoms with Gasteiger partial charge >= 0.3 is 0 Å². The third kappa shape index (κ3) is 6.62. The molecule has 246 valence electrons. The highest BCUT2D eigenvalue weighted by molar-refractivity contribution is 6.06. The number of hydrogen-bond acceptors (Lipinski definition) is 5. The van der Waals surface area contributed by atoms with E-state index in [1.807, 2.05) is 24.3 Å². The van der Waals surface area contributed by atoms with Gasteiger partial charge in [0, 0.05) is 29.0 Å². The summed E-state index contributed by atoms with van der Waals surface area (Å²) in [6.07, 6.45) is 36.9. The monoisotopic (exact) mass is 644 g/mol. The van der Waals surface area contributed by atoms with Crippen molar-refractivity contribution in [1.82, 2.24) is 5.32 Å². The van der Waals surface area contributed by atoms with Crippen LogP contribution in [-0.4, -0.2) is 18.1 Å². The lowest BCUT2D eigenvalue weighted by Crippen LogP contribution is -2.37. The van der Waals surface area contributed by atoms with Crippen LogP contribution in [0.3, 0.4) is 0 Å². The number of benzene rings is 2. The molecule has 5 nitrogen and oxygen atoms in total. The molecule has 0 fully saturated rings. The molecule has 2 aromatic rings. The van der Waals surface area contributed by atoms with Crippen molar-refractivity contribution >= 4 is 22.7 Å². The largest absolute Gasteiger partial charge is 0.341 e. The molecule has 6 unspecified atom stereocenters. The van der Waals surface area contributed by atoms with Crippen LogP contribution < -0.4 is 27.2 Å². The van der Waals surface area contributed by atoms with Gasteiger partial charge in [-0.15, -0.1) is 0 Å². The van der Waals surface area contributed by atoms with Crippen LogP contribution in [0.25, 0.3) is 16.8 Å². The van der Waals surface area contributed by atoms with E-state index in [0.29, 0.717) is 11.8 Å². The molecule has 5 heteroatoms. The fourth-order valence-electron chi connectivity index (χ4n) is 7.80.